The quantitative estimate of drug-likeness (QED) is 0.292. The van der Waals surface area contributed by atoms with Gasteiger partial charge in [0.2, 0.25) is 0 Å². The van der Waals surface area contributed by atoms with Crippen LogP contribution in [0.25, 0.3) is 0 Å². The summed E-state index contributed by atoms with van der Waals surface area (Å²) in [6.45, 7) is 4.11. The number of ether oxygens (including phenoxy) is 1. The van der Waals surface area contributed by atoms with Gasteiger partial charge in [-0.1, -0.05) is 45.4 Å². The molecule has 0 heterocycles. The molecule has 0 aromatic rings. The van der Waals surface area contributed by atoms with Gasteiger partial charge in [0.1, 0.15) is 19.6 Å². The lowest BCUT2D eigenvalue weighted by molar-refractivity contribution is 0.0545. The molecule has 0 saturated carbocycles. The third kappa shape index (κ3) is 9.30. The summed E-state index contributed by atoms with van der Waals surface area (Å²) in [4.78, 5) is 0. The summed E-state index contributed by atoms with van der Waals surface area (Å²) in [5.41, 5.74) is 0. The highest BCUT2D eigenvalue weighted by molar-refractivity contribution is 7.83. The Labute approximate surface area is 136 Å². The maximum Gasteiger partial charge on any atom is 0.132 e. The fourth-order valence-electron chi connectivity index (χ4n) is 2.02. The number of aliphatic hydroxyl groups is 2. The van der Waals surface area contributed by atoms with Crippen molar-refractivity contribution in [1.82, 2.24) is 0 Å². The third-order valence-electron chi connectivity index (χ3n) is 3.25. The summed E-state index contributed by atoms with van der Waals surface area (Å²) in [5.74, 6) is 0. The van der Waals surface area contributed by atoms with E-state index in [1.165, 1.54) is 25.7 Å². The van der Waals surface area contributed by atoms with E-state index in [2.05, 4.69) is 25.6 Å². The number of hydrogen-bond donors (Lipinski definition) is 3. The second kappa shape index (κ2) is 12.2. The second-order valence-electron chi connectivity index (χ2n) is 5.13. The highest BCUT2D eigenvalue weighted by atomic mass is 32.1. The maximum atomic E-state index is 10.0. The van der Waals surface area contributed by atoms with Gasteiger partial charge in [-0.15, -0.1) is 0 Å². The van der Waals surface area contributed by atoms with Crippen LogP contribution in [-0.2, 0) is 4.74 Å². The molecule has 0 aromatic heterocycles. The zero-order chi connectivity index (χ0) is 16.1. The van der Waals surface area contributed by atoms with E-state index < -0.39 is 10.5 Å². The number of unbranched alkanes of at least 4 members (excludes halogenated alkanes) is 5. The van der Waals surface area contributed by atoms with Crippen molar-refractivity contribution >= 4 is 27.1 Å². The molecule has 0 spiro atoms. The van der Waals surface area contributed by atoms with E-state index in [4.69, 9.17) is 4.74 Å². The molecule has 6 heteroatoms. The first-order valence-corrected chi connectivity index (χ1v) is 9.17. The zero-order valence-corrected chi connectivity index (χ0v) is 15.0. The van der Waals surface area contributed by atoms with Crippen LogP contribution in [0.3, 0.4) is 0 Å². The third-order valence-corrected chi connectivity index (χ3v) is 5.26. The highest BCUT2D eigenvalue weighted by Gasteiger charge is 2.26. The lowest BCUT2D eigenvalue weighted by Gasteiger charge is -2.19. The van der Waals surface area contributed by atoms with Crippen LogP contribution in [0.2, 0.25) is 0 Å². The molecule has 21 heavy (non-hydrogen) atoms. The van der Waals surface area contributed by atoms with Crippen molar-refractivity contribution in [2.45, 2.75) is 69.3 Å². The molecule has 4 nitrogen and oxygen atoms in total. The molecule has 0 rings (SSSR count). The Kier molecular flexibility index (Phi) is 12.0. The molecule has 2 atom stereocenters. The molecule has 0 fully saturated rings. The standard InChI is InChI=1S/C15H28NO3SSi/c1-3-5-6-7-8-9-10-15(20,12-16)21-14(18)13(11-17)19-4-2/h13,17-18,20H,3-11H2,1-2H3. The Balaban J connectivity index is 4.40. The summed E-state index contributed by atoms with van der Waals surface area (Å²) in [7, 11) is -0.150. The summed E-state index contributed by atoms with van der Waals surface area (Å²) >= 11 is 4.44. The lowest BCUT2D eigenvalue weighted by Crippen LogP contribution is -2.36. The van der Waals surface area contributed by atoms with Crippen molar-refractivity contribution in [1.29, 1.82) is 5.26 Å². The van der Waals surface area contributed by atoms with Gasteiger partial charge in [0.05, 0.1) is 18.0 Å². The van der Waals surface area contributed by atoms with Crippen LogP contribution in [0.4, 0.5) is 0 Å². The van der Waals surface area contributed by atoms with Crippen LogP contribution < -0.4 is 0 Å². The summed E-state index contributed by atoms with van der Waals surface area (Å²) < 4.78 is 4.38. The molecule has 0 saturated heterocycles. The Hall–Kier alpha value is -0.353. The van der Waals surface area contributed by atoms with Gasteiger partial charge in [-0.05, 0) is 13.3 Å². The van der Waals surface area contributed by atoms with Crippen molar-refractivity contribution in [3.05, 3.63) is 0 Å². The van der Waals surface area contributed by atoms with Crippen LogP contribution in [0.15, 0.2) is 0 Å². The van der Waals surface area contributed by atoms with Crippen LogP contribution in [0.5, 0.6) is 0 Å². The van der Waals surface area contributed by atoms with Crippen LogP contribution in [-0.4, -0.2) is 48.4 Å². The predicted octanol–water partition coefficient (Wildman–Crippen LogP) is 2.49. The molecule has 0 aliphatic heterocycles. The Morgan fingerprint density at radius 3 is 2.43 bits per heavy atom. The molecular weight excluding hydrogens is 302 g/mol. The molecule has 0 aromatic carbocycles. The number of rotatable bonds is 12. The number of aliphatic hydroxyl groups excluding tert-OH is 2. The summed E-state index contributed by atoms with van der Waals surface area (Å²) in [6.07, 6.45) is 6.85. The van der Waals surface area contributed by atoms with E-state index in [1.54, 1.807) is 6.92 Å². The topological polar surface area (TPSA) is 73.5 Å². The monoisotopic (exact) mass is 330 g/mol. The minimum Gasteiger partial charge on any atom is -0.515 e. The lowest BCUT2D eigenvalue weighted by atomic mass is 10.1. The number of thiol groups is 1. The molecule has 121 valence electrons. The van der Waals surface area contributed by atoms with Crippen LogP contribution in [0.1, 0.15) is 58.8 Å². The molecule has 0 bridgehead atoms. The van der Waals surface area contributed by atoms with Gasteiger partial charge in [-0.2, -0.15) is 17.9 Å². The average molecular weight is 331 g/mol. The Morgan fingerprint density at radius 1 is 1.29 bits per heavy atom. The van der Waals surface area contributed by atoms with Crippen LogP contribution in [0, 0.1) is 11.3 Å². The molecular formula is C15H28NO3SSi. The fourth-order valence-corrected chi connectivity index (χ4v) is 3.64. The van der Waals surface area contributed by atoms with Crippen molar-refractivity contribution in [3.63, 3.8) is 0 Å². The van der Waals surface area contributed by atoms with Crippen molar-refractivity contribution < 1.29 is 14.9 Å². The van der Waals surface area contributed by atoms with E-state index in [-0.39, 0.29) is 21.1 Å². The first-order valence-electron chi connectivity index (χ1n) is 7.73. The highest BCUT2D eigenvalue weighted by Crippen LogP contribution is 2.20. The largest absolute Gasteiger partial charge is 0.515 e. The van der Waals surface area contributed by atoms with Crippen molar-refractivity contribution in [3.8, 4) is 6.07 Å². The van der Waals surface area contributed by atoms with Gasteiger partial charge in [0, 0.05) is 6.61 Å². The van der Waals surface area contributed by atoms with Gasteiger partial charge >= 0.3 is 0 Å². The van der Waals surface area contributed by atoms with E-state index in [1.807, 2.05) is 0 Å². The average Bonchev–Trinajstić information content (AvgIpc) is 2.48. The van der Waals surface area contributed by atoms with E-state index in [0.29, 0.717) is 13.0 Å². The first kappa shape index (κ1) is 20.6. The van der Waals surface area contributed by atoms with E-state index >= 15 is 0 Å². The van der Waals surface area contributed by atoms with Crippen molar-refractivity contribution in [2.24, 2.45) is 0 Å². The SMILES string of the molecule is CCCCCCCCC(S)(C#N)[Si]=C(O)C(CO)OCC. The zero-order valence-electron chi connectivity index (χ0n) is 13.1. The summed E-state index contributed by atoms with van der Waals surface area (Å²) in [6, 6.07) is 2.19. The molecule has 0 aliphatic carbocycles. The minimum atomic E-state index is -0.862. The maximum absolute atomic E-state index is 10.0. The molecule has 2 N–H and O–H groups in total. The van der Waals surface area contributed by atoms with Gasteiger partial charge in [-0.3, -0.25) is 0 Å². The van der Waals surface area contributed by atoms with E-state index in [0.717, 1.165) is 12.8 Å². The molecule has 0 amide bonds. The van der Waals surface area contributed by atoms with E-state index in [9.17, 15) is 15.5 Å². The number of nitrogens with zero attached hydrogens (tertiary/aromatic N) is 1. The molecule has 2 unspecified atom stereocenters. The predicted molar refractivity (Wildman–Crippen MR) is 90.5 cm³/mol. The van der Waals surface area contributed by atoms with Gasteiger partial charge in [0.25, 0.3) is 0 Å². The molecule has 1 radical (unpaired) electrons. The summed E-state index contributed by atoms with van der Waals surface area (Å²) in [5, 5.41) is 28.5. The Bertz CT molecular complexity index is 346. The number of nitriles is 1. The normalized spacial score (nSPS) is 16.2. The Morgan fingerprint density at radius 2 is 1.90 bits per heavy atom. The van der Waals surface area contributed by atoms with Gasteiger partial charge in [-0.25, -0.2) is 0 Å². The molecule has 0 aliphatic rings. The number of hydrogen-bond acceptors (Lipinski definition) is 5. The van der Waals surface area contributed by atoms with Crippen LogP contribution >= 0.6 is 12.6 Å². The fraction of sp³-hybridized carbons (Fsp3) is 0.867. The second-order valence-corrected chi connectivity index (χ2v) is 7.93. The smallest absolute Gasteiger partial charge is 0.132 e. The van der Waals surface area contributed by atoms with Crippen molar-refractivity contribution in [2.75, 3.05) is 13.2 Å². The van der Waals surface area contributed by atoms with Gasteiger partial charge < -0.3 is 14.9 Å². The minimum absolute atomic E-state index is 0.0295. The first-order chi connectivity index (χ1) is 10.0. The van der Waals surface area contributed by atoms with Gasteiger partial charge in [0.15, 0.2) is 0 Å².